The van der Waals surface area contributed by atoms with Crippen molar-refractivity contribution in [1.29, 1.82) is 0 Å². The number of ether oxygens (including phenoxy) is 5. The van der Waals surface area contributed by atoms with Gasteiger partial charge >= 0.3 is 24.0 Å². The maximum atomic E-state index is 12.6. The monoisotopic (exact) mass is 663 g/mol. The van der Waals surface area contributed by atoms with Crippen LogP contribution in [-0.2, 0) is 38.1 Å². The van der Waals surface area contributed by atoms with Gasteiger partial charge in [-0.05, 0) is 12.2 Å². The molecule has 0 aromatic rings. The van der Waals surface area contributed by atoms with Crippen molar-refractivity contribution in [2.45, 2.75) is 125 Å². The summed E-state index contributed by atoms with van der Waals surface area (Å²) in [6.07, 6.45) is 7.53. The van der Waals surface area contributed by atoms with Crippen molar-refractivity contribution in [3.05, 3.63) is 0 Å². The lowest BCUT2D eigenvalue weighted by Crippen LogP contribution is -2.65. The summed E-state index contributed by atoms with van der Waals surface area (Å²) in [4.78, 5) is 48.2. The molecule has 0 unspecified atom stereocenters. The minimum atomic E-state index is -1.84. The zero-order valence-corrected chi connectivity index (χ0v) is 27.4. The Morgan fingerprint density at radius 2 is 1.32 bits per heavy atom. The Bertz CT molecular complexity index is 815. The Morgan fingerprint density at radius 1 is 0.780 bits per heavy atom. The van der Waals surface area contributed by atoms with E-state index in [0.29, 0.717) is 5.75 Å². The molecule has 1 N–H and O–H groups in total. The summed E-state index contributed by atoms with van der Waals surface area (Å²) in [6.45, 7) is 5.01. The van der Waals surface area contributed by atoms with Crippen molar-refractivity contribution in [2.24, 2.45) is 0 Å². The molecule has 0 saturated carbocycles. The third-order valence-electron chi connectivity index (χ3n) is 6.13. The van der Waals surface area contributed by atoms with Gasteiger partial charge in [-0.1, -0.05) is 99.5 Å². The summed E-state index contributed by atoms with van der Waals surface area (Å²) in [6, 6.07) is -1.01. The highest BCUT2D eigenvalue weighted by molar-refractivity contribution is 7.99. The topological polar surface area (TPSA) is 126 Å². The molecule has 0 bridgehead atoms. The van der Waals surface area contributed by atoms with Crippen molar-refractivity contribution in [1.82, 2.24) is 5.32 Å². The molecule has 0 radical (unpaired) electrons. The van der Waals surface area contributed by atoms with Gasteiger partial charge < -0.3 is 29.0 Å². The van der Waals surface area contributed by atoms with Crippen molar-refractivity contribution in [3.8, 4) is 0 Å². The Labute approximate surface area is 262 Å². The number of alkyl halides is 3. The van der Waals surface area contributed by atoms with Gasteiger partial charge in [-0.2, -0.15) is 0 Å². The van der Waals surface area contributed by atoms with Crippen LogP contribution < -0.4 is 5.32 Å². The molecule has 1 aliphatic heterocycles. The van der Waals surface area contributed by atoms with E-state index < -0.39 is 64.2 Å². The molecule has 1 aliphatic rings. The van der Waals surface area contributed by atoms with Crippen LogP contribution in [0.25, 0.3) is 0 Å². The van der Waals surface area contributed by atoms with E-state index in [1.807, 2.05) is 0 Å². The number of alkyl carbamates (subject to hydrolysis) is 1. The summed E-state index contributed by atoms with van der Waals surface area (Å²) < 4.78 is 25.5. The summed E-state index contributed by atoms with van der Waals surface area (Å²) in [7, 11) is 0. The van der Waals surface area contributed by atoms with E-state index in [1.54, 1.807) is 0 Å². The Hall–Kier alpha value is -1.14. The smallest absolute Gasteiger partial charge is 0.407 e. The molecule has 0 aromatic heterocycles. The molecule has 41 heavy (non-hydrogen) atoms. The van der Waals surface area contributed by atoms with Gasteiger partial charge in [0.2, 0.25) is 3.79 Å². The maximum Gasteiger partial charge on any atom is 0.407 e. The molecule has 1 amide bonds. The lowest BCUT2D eigenvalue weighted by Gasteiger charge is -2.45. The third-order valence-corrected chi connectivity index (χ3v) is 7.72. The van der Waals surface area contributed by atoms with E-state index >= 15 is 0 Å². The van der Waals surface area contributed by atoms with Crippen LogP contribution in [0.4, 0.5) is 4.79 Å². The number of hydrogen-bond acceptors (Lipinski definition) is 10. The Morgan fingerprint density at radius 3 is 1.83 bits per heavy atom. The molecule has 1 heterocycles. The number of esters is 3. The normalized spacial score (nSPS) is 22.5. The minimum Gasteiger partial charge on any atom is -0.463 e. The van der Waals surface area contributed by atoms with E-state index in [4.69, 9.17) is 58.5 Å². The molecule has 1 saturated heterocycles. The zero-order valence-electron chi connectivity index (χ0n) is 24.3. The van der Waals surface area contributed by atoms with Crippen molar-refractivity contribution in [2.75, 3.05) is 19.0 Å². The minimum absolute atomic E-state index is 0.259. The number of hydrogen-bond donors (Lipinski definition) is 1. The van der Waals surface area contributed by atoms with E-state index in [2.05, 4.69) is 12.2 Å². The van der Waals surface area contributed by atoms with Gasteiger partial charge in [0.1, 0.15) is 30.8 Å². The van der Waals surface area contributed by atoms with Gasteiger partial charge in [0, 0.05) is 20.8 Å². The Balaban J connectivity index is 2.95. The van der Waals surface area contributed by atoms with Crippen molar-refractivity contribution >= 4 is 70.6 Å². The van der Waals surface area contributed by atoms with Crippen LogP contribution in [0.15, 0.2) is 0 Å². The van der Waals surface area contributed by atoms with Gasteiger partial charge in [-0.3, -0.25) is 14.4 Å². The van der Waals surface area contributed by atoms with E-state index in [0.717, 1.165) is 19.3 Å². The molecule has 14 heteroatoms. The molecule has 5 atom stereocenters. The van der Waals surface area contributed by atoms with Crippen LogP contribution in [-0.4, -0.2) is 76.6 Å². The zero-order chi connectivity index (χ0) is 30.8. The molecular formula is C27H44Cl3NO9S. The second-order valence-corrected chi connectivity index (χ2v) is 13.6. The lowest BCUT2D eigenvalue weighted by molar-refractivity contribution is -0.211. The average Bonchev–Trinajstić information content (AvgIpc) is 2.87. The second kappa shape index (κ2) is 20.7. The molecule has 1 fully saturated rings. The third kappa shape index (κ3) is 17.5. The van der Waals surface area contributed by atoms with E-state index in [-0.39, 0.29) is 6.61 Å². The Kier molecular flexibility index (Phi) is 19.1. The first-order valence-electron chi connectivity index (χ1n) is 14.1. The van der Waals surface area contributed by atoms with Crippen molar-refractivity contribution < 1.29 is 42.9 Å². The molecule has 1 rings (SSSR count). The molecule has 238 valence electrons. The lowest BCUT2D eigenvalue weighted by atomic mass is 9.97. The van der Waals surface area contributed by atoms with Crippen LogP contribution in [0.1, 0.15) is 91.9 Å². The summed E-state index contributed by atoms with van der Waals surface area (Å²) >= 11 is 18.5. The first kappa shape index (κ1) is 37.9. The molecular weight excluding hydrogens is 621 g/mol. The first-order valence-corrected chi connectivity index (χ1v) is 16.3. The highest BCUT2D eigenvalue weighted by atomic mass is 35.6. The fourth-order valence-electron chi connectivity index (χ4n) is 4.31. The number of carbonyl (C=O) groups is 4. The summed E-state index contributed by atoms with van der Waals surface area (Å²) in [5.41, 5.74) is -0.773. The van der Waals surface area contributed by atoms with E-state index in [9.17, 15) is 19.2 Å². The van der Waals surface area contributed by atoms with Crippen LogP contribution in [0, 0.1) is 0 Å². The predicted molar refractivity (Wildman–Crippen MR) is 159 cm³/mol. The standard InChI is InChI=1S/C27H44Cl3NO9S/c1-5-6-7-8-9-10-11-12-13-14-15-41-25-22(31-26(35)37-17-27(28,29)30)24(39-20(4)34)23(38-19(3)33)21(40-25)16-36-18(2)32/h21-25H,5-17H2,1-4H3,(H,31,35)/t21-,22-,23-,24-,25+/m1/s1. The molecule has 0 aliphatic carbocycles. The summed E-state index contributed by atoms with van der Waals surface area (Å²) in [5.74, 6) is -1.25. The number of amides is 1. The highest BCUT2D eigenvalue weighted by Crippen LogP contribution is 2.33. The number of halogens is 3. The van der Waals surface area contributed by atoms with Crippen LogP contribution in [0.3, 0.4) is 0 Å². The van der Waals surface area contributed by atoms with Gasteiger partial charge in [-0.15, -0.1) is 11.8 Å². The fraction of sp³-hybridized carbons (Fsp3) is 0.852. The van der Waals surface area contributed by atoms with Gasteiger partial charge in [0.25, 0.3) is 0 Å². The number of thioether (sulfide) groups is 1. The largest absolute Gasteiger partial charge is 0.463 e. The SMILES string of the molecule is CCCCCCCCCCCCS[C@@H]1O[C@H](COC(C)=O)[C@@H](OC(C)=O)[C@H](OC(C)=O)[C@H]1NC(=O)OCC(Cl)(Cl)Cl. The highest BCUT2D eigenvalue weighted by Gasteiger charge is 2.51. The maximum absolute atomic E-state index is 12.6. The number of nitrogens with one attached hydrogen (secondary N) is 1. The van der Waals surface area contributed by atoms with Crippen LogP contribution in [0.5, 0.6) is 0 Å². The van der Waals surface area contributed by atoms with Gasteiger partial charge in [0.15, 0.2) is 12.2 Å². The van der Waals surface area contributed by atoms with E-state index in [1.165, 1.54) is 77.5 Å². The van der Waals surface area contributed by atoms with Gasteiger partial charge in [-0.25, -0.2) is 4.79 Å². The fourth-order valence-corrected chi connectivity index (χ4v) is 5.73. The first-order chi connectivity index (χ1) is 19.3. The van der Waals surface area contributed by atoms with Gasteiger partial charge in [0.05, 0.1) is 0 Å². The number of carbonyl (C=O) groups excluding carboxylic acids is 4. The average molecular weight is 665 g/mol. The van der Waals surface area contributed by atoms with Crippen LogP contribution in [0.2, 0.25) is 0 Å². The van der Waals surface area contributed by atoms with Crippen molar-refractivity contribution in [3.63, 3.8) is 0 Å². The number of rotatable bonds is 18. The summed E-state index contributed by atoms with van der Waals surface area (Å²) in [5, 5.41) is 2.62. The second-order valence-electron chi connectivity index (χ2n) is 9.91. The number of unbranched alkanes of at least 4 members (excludes halogenated alkanes) is 9. The van der Waals surface area contributed by atoms with Crippen LogP contribution >= 0.6 is 46.6 Å². The molecule has 0 aromatic carbocycles. The predicted octanol–water partition coefficient (Wildman–Crippen LogP) is 6.26. The quantitative estimate of drug-likeness (QED) is 0.0777. The molecule has 0 spiro atoms. The molecule has 10 nitrogen and oxygen atoms in total.